The zero-order valence-corrected chi connectivity index (χ0v) is 10.8. The molecule has 0 bridgehead atoms. The van der Waals surface area contributed by atoms with E-state index in [2.05, 4.69) is 15.4 Å². The van der Waals surface area contributed by atoms with Gasteiger partial charge in [0.15, 0.2) is 5.82 Å². The van der Waals surface area contributed by atoms with Gasteiger partial charge >= 0.3 is 0 Å². The van der Waals surface area contributed by atoms with Crippen LogP contribution in [0.4, 0.5) is 5.82 Å². The number of hydrogen-bond acceptors (Lipinski definition) is 7. The van der Waals surface area contributed by atoms with Crippen LogP contribution in [-0.4, -0.2) is 33.5 Å². The molecule has 0 aliphatic rings. The number of aliphatic hydroxyl groups excluding tert-OH is 1. The Kier molecular flexibility index (Phi) is 6.20. The molecule has 0 radical (unpaired) electrons. The summed E-state index contributed by atoms with van der Waals surface area (Å²) in [6.45, 7) is 4.90. The average Bonchev–Trinajstić information content (AvgIpc) is 2.35. The Hall–Kier alpha value is -0.890. The number of hydrazine groups is 1. The molecule has 1 atom stereocenters. The van der Waals surface area contributed by atoms with Crippen molar-refractivity contribution in [1.29, 1.82) is 0 Å². The molecule has 1 unspecified atom stereocenters. The quantitative estimate of drug-likeness (QED) is 0.288. The number of nitrogens with one attached hydrogen (secondary N) is 1. The Balaban J connectivity index is 2.80. The van der Waals surface area contributed by atoms with Gasteiger partial charge in [-0.2, -0.15) is 0 Å². The zero-order valence-electron chi connectivity index (χ0n) is 10.0. The summed E-state index contributed by atoms with van der Waals surface area (Å²) in [6.07, 6.45) is 0. The number of aliphatic hydroxyl groups is 1. The number of hydrogen-bond donors (Lipinski definition) is 3. The molecular weight excluding hydrogens is 240 g/mol. The van der Waals surface area contributed by atoms with E-state index >= 15 is 0 Å². The largest absolute Gasteiger partial charge is 0.395 e. The fourth-order valence-corrected chi connectivity index (χ4v) is 1.93. The van der Waals surface area contributed by atoms with Crippen molar-refractivity contribution in [3.05, 3.63) is 11.9 Å². The third-order valence-electron chi connectivity index (χ3n) is 1.91. The summed E-state index contributed by atoms with van der Waals surface area (Å²) < 4.78 is 5.25. The van der Waals surface area contributed by atoms with Gasteiger partial charge in [-0.3, -0.25) is 0 Å². The standard InChI is InChI=1S/C10H18N4O2S/c1-3-16-6-9-12-8(14-11)4-10(13-9)17-7(2)5-15/h4,7,15H,3,5-6,11H2,1-2H3,(H,12,13,14). The van der Waals surface area contributed by atoms with Crippen LogP contribution in [0.25, 0.3) is 0 Å². The van der Waals surface area contributed by atoms with Crippen LogP contribution in [0.3, 0.4) is 0 Å². The molecule has 7 heteroatoms. The molecule has 0 amide bonds. The summed E-state index contributed by atoms with van der Waals surface area (Å²) in [7, 11) is 0. The van der Waals surface area contributed by atoms with E-state index in [1.54, 1.807) is 6.07 Å². The van der Waals surface area contributed by atoms with Crippen molar-refractivity contribution in [2.24, 2.45) is 5.84 Å². The first-order chi connectivity index (χ1) is 8.19. The van der Waals surface area contributed by atoms with Gasteiger partial charge in [-0.15, -0.1) is 11.8 Å². The van der Waals surface area contributed by atoms with Crippen molar-refractivity contribution >= 4 is 17.6 Å². The van der Waals surface area contributed by atoms with E-state index in [4.69, 9.17) is 15.7 Å². The van der Waals surface area contributed by atoms with Gasteiger partial charge in [0.25, 0.3) is 0 Å². The number of anilines is 1. The van der Waals surface area contributed by atoms with Crippen LogP contribution in [0.5, 0.6) is 0 Å². The lowest BCUT2D eigenvalue weighted by atomic mass is 10.5. The molecule has 0 spiro atoms. The molecule has 1 aromatic heterocycles. The third kappa shape index (κ3) is 4.86. The average molecular weight is 258 g/mol. The second-order valence-electron chi connectivity index (χ2n) is 3.40. The summed E-state index contributed by atoms with van der Waals surface area (Å²) in [5, 5.41) is 9.85. The van der Waals surface area contributed by atoms with Crippen molar-refractivity contribution in [2.75, 3.05) is 18.6 Å². The van der Waals surface area contributed by atoms with Crippen LogP contribution in [0, 0.1) is 0 Å². The summed E-state index contributed by atoms with van der Waals surface area (Å²) in [5.74, 6) is 6.46. The Morgan fingerprint density at radius 2 is 2.35 bits per heavy atom. The summed E-state index contributed by atoms with van der Waals surface area (Å²) >= 11 is 1.47. The molecule has 1 rings (SSSR count). The molecule has 4 N–H and O–H groups in total. The third-order valence-corrected chi connectivity index (χ3v) is 2.91. The van der Waals surface area contributed by atoms with Gasteiger partial charge in [0, 0.05) is 17.9 Å². The van der Waals surface area contributed by atoms with Crippen molar-refractivity contribution in [3.8, 4) is 0 Å². The van der Waals surface area contributed by atoms with Crippen LogP contribution in [-0.2, 0) is 11.3 Å². The normalized spacial score (nSPS) is 12.5. The SMILES string of the molecule is CCOCc1nc(NN)cc(SC(C)CO)n1. The second-order valence-corrected chi connectivity index (χ2v) is 4.86. The smallest absolute Gasteiger partial charge is 0.157 e. The minimum absolute atomic E-state index is 0.0791. The Labute approximate surface area is 105 Å². The van der Waals surface area contributed by atoms with E-state index in [-0.39, 0.29) is 11.9 Å². The fraction of sp³-hybridized carbons (Fsp3) is 0.600. The lowest BCUT2D eigenvalue weighted by Gasteiger charge is -2.10. The molecule has 0 fully saturated rings. The number of rotatable bonds is 7. The van der Waals surface area contributed by atoms with E-state index in [0.717, 1.165) is 5.03 Å². The first kappa shape index (κ1) is 14.2. The first-order valence-corrected chi connectivity index (χ1v) is 6.27. The van der Waals surface area contributed by atoms with E-state index in [1.807, 2.05) is 13.8 Å². The minimum atomic E-state index is 0.0791. The molecule has 0 saturated heterocycles. The van der Waals surface area contributed by atoms with Crippen LogP contribution < -0.4 is 11.3 Å². The molecule has 0 aromatic carbocycles. The summed E-state index contributed by atoms with van der Waals surface area (Å²) in [5.41, 5.74) is 2.49. The Morgan fingerprint density at radius 3 is 2.94 bits per heavy atom. The summed E-state index contributed by atoms with van der Waals surface area (Å²) in [4.78, 5) is 8.50. The highest BCUT2D eigenvalue weighted by molar-refractivity contribution is 7.99. The maximum atomic E-state index is 9.00. The predicted molar refractivity (Wildman–Crippen MR) is 67.6 cm³/mol. The van der Waals surface area contributed by atoms with Crippen molar-refractivity contribution < 1.29 is 9.84 Å². The van der Waals surface area contributed by atoms with E-state index in [0.29, 0.717) is 24.9 Å². The van der Waals surface area contributed by atoms with Crippen LogP contribution in [0.1, 0.15) is 19.7 Å². The van der Waals surface area contributed by atoms with Crippen LogP contribution in [0.2, 0.25) is 0 Å². The van der Waals surface area contributed by atoms with Gasteiger partial charge in [0.2, 0.25) is 0 Å². The highest BCUT2D eigenvalue weighted by Gasteiger charge is 2.08. The summed E-state index contributed by atoms with van der Waals surface area (Å²) in [6, 6.07) is 1.74. The number of ether oxygens (including phenoxy) is 1. The van der Waals surface area contributed by atoms with Gasteiger partial charge < -0.3 is 15.3 Å². The number of nitrogen functional groups attached to an aromatic ring is 1. The number of nitrogens with zero attached hydrogens (tertiary/aromatic N) is 2. The van der Waals surface area contributed by atoms with Crippen molar-refractivity contribution in [1.82, 2.24) is 9.97 Å². The first-order valence-electron chi connectivity index (χ1n) is 5.39. The van der Waals surface area contributed by atoms with Gasteiger partial charge in [-0.25, -0.2) is 15.8 Å². The maximum absolute atomic E-state index is 9.00. The molecule has 1 aromatic rings. The molecule has 0 aliphatic heterocycles. The second kappa shape index (κ2) is 7.44. The molecule has 17 heavy (non-hydrogen) atoms. The lowest BCUT2D eigenvalue weighted by molar-refractivity contribution is 0.128. The van der Waals surface area contributed by atoms with Crippen LogP contribution >= 0.6 is 11.8 Å². The van der Waals surface area contributed by atoms with Gasteiger partial charge in [-0.1, -0.05) is 6.92 Å². The highest BCUT2D eigenvalue weighted by Crippen LogP contribution is 2.22. The molecular formula is C10H18N4O2S. The number of nitrogens with two attached hydrogens (primary N) is 1. The number of aromatic nitrogens is 2. The fourth-order valence-electron chi connectivity index (χ4n) is 1.11. The monoisotopic (exact) mass is 258 g/mol. The van der Waals surface area contributed by atoms with E-state index in [1.165, 1.54) is 11.8 Å². The molecule has 1 heterocycles. The predicted octanol–water partition coefficient (Wildman–Crippen LogP) is 0.772. The van der Waals surface area contributed by atoms with Crippen molar-refractivity contribution in [3.63, 3.8) is 0 Å². The number of thioether (sulfide) groups is 1. The molecule has 96 valence electrons. The van der Waals surface area contributed by atoms with E-state index in [9.17, 15) is 0 Å². The van der Waals surface area contributed by atoms with E-state index < -0.39 is 0 Å². The lowest BCUT2D eigenvalue weighted by Crippen LogP contribution is -2.12. The molecule has 0 saturated carbocycles. The highest BCUT2D eigenvalue weighted by atomic mass is 32.2. The van der Waals surface area contributed by atoms with Crippen molar-refractivity contribution in [2.45, 2.75) is 30.7 Å². The van der Waals surface area contributed by atoms with Gasteiger partial charge in [0.05, 0.1) is 6.61 Å². The maximum Gasteiger partial charge on any atom is 0.157 e. The minimum Gasteiger partial charge on any atom is -0.395 e. The van der Waals surface area contributed by atoms with Crippen LogP contribution in [0.15, 0.2) is 11.1 Å². The topological polar surface area (TPSA) is 93.3 Å². The van der Waals surface area contributed by atoms with Gasteiger partial charge in [0.1, 0.15) is 17.5 Å². The van der Waals surface area contributed by atoms with Gasteiger partial charge in [-0.05, 0) is 6.92 Å². The molecule has 0 aliphatic carbocycles. The molecule has 6 nitrogen and oxygen atoms in total. The Bertz CT molecular complexity index is 351. The zero-order chi connectivity index (χ0) is 12.7. The Morgan fingerprint density at radius 1 is 1.59 bits per heavy atom.